The van der Waals surface area contributed by atoms with E-state index in [1.165, 1.54) is 13.0 Å². The number of allylic oxidation sites excluding steroid dienone is 1. The molecule has 51 valence electrons. The van der Waals surface area contributed by atoms with Crippen molar-refractivity contribution in [1.29, 1.82) is 0 Å². The molecule has 0 unspecified atom stereocenters. The normalized spacial score (nSPS) is 6.00. The molecule has 1 radical (unpaired) electrons. The molecule has 0 saturated carbocycles. The minimum atomic E-state index is -0.329. The number of hydrogen-bond donors (Lipinski definition) is 0. The number of carbonyl (C=O) groups is 1. The molecule has 0 heterocycles. The third-order valence-corrected chi connectivity index (χ3v) is 0.249. The van der Waals surface area contributed by atoms with Gasteiger partial charge in [-0.05, 0) is 6.92 Å². The van der Waals surface area contributed by atoms with E-state index in [1.54, 1.807) is 6.92 Å². The molecule has 0 bridgehead atoms. The van der Waals surface area contributed by atoms with Gasteiger partial charge in [0.25, 0.3) is 0 Å². The Hall–Kier alpha value is -1.05. The zero-order chi connectivity index (χ0) is 7.70. The van der Waals surface area contributed by atoms with Crippen LogP contribution in [0.2, 0.25) is 0 Å². The molecule has 0 saturated heterocycles. The van der Waals surface area contributed by atoms with Crippen LogP contribution in [0.5, 0.6) is 0 Å². The minimum Gasteiger partial charge on any atom is -0.435 e. The summed E-state index contributed by atoms with van der Waals surface area (Å²) < 4.78 is 4.17. The Kier molecular flexibility index (Phi) is 12.1. The van der Waals surface area contributed by atoms with Crippen molar-refractivity contribution in [1.82, 2.24) is 0 Å². The van der Waals surface area contributed by atoms with E-state index in [4.69, 9.17) is 6.58 Å². The van der Waals surface area contributed by atoms with Gasteiger partial charge in [-0.15, -0.1) is 0 Å². The summed E-state index contributed by atoms with van der Waals surface area (Å²) in [6.45, 7) is 11.0. The van der Waals surface area contributed by atoms with Crippen LogP contribution >= 0.6 is 0 Å². The SMILES string of the molecule is C=COC(C)=O.[CH]=CC. The second-order valence-corrected chi connectivity index (χ2v) is 1.11. The van der Waals surface area contributed by atoms with Crippen LogP contribution in [0.3, 0.4) is 0 Å². The number of rotatable bonds is 1. The third-order valence-electron chi connectivity index (χ3n) is 0.249. The molecule has 0 aliphatic carbocycles. The van der Waals surface area contributed by atoms with Crippen molar-refractivity contribution in [3.05, 3.63) is 25.5 Å². The van der Waals surface area contributed by atoms with E-state index in [2.05, 4.69) is 11.3 Å². The number of hydrogen-bond acceptors (Lipinski definition) is 2. The summed E-state index contributed by atoms with van der Waals surface area (Å²) in [7, 11) is 0. The maximum Gasteiger partial charge on any atom is 0.307 e. The Labute approximate surface area is 55.8 Å². The smallest absolute Gasteiger partial charge is 0.307 e. The predicted octanol–water partition coefficient (Wildman–Crippen LogP) is 1.69. The monoisotopic (exact) mass is 127 g/mol. The maximum atomic E-state index is 9.75. The molecule has 2 heteroatoms. The first-order valence-electron chi connectivity index (χ1n) is 2.46. The lowest BCUT2D eigenvalue weighted by Crippen LogP contribution is -1.87. The highest BCUT2D eigenvalue weighted by Gasteiger charge is 1.79. The quantitative estimate of drug-likeness (QED) is 0.395. The van der Waals surface area contributed by atoms with Gasteiger partial charge in [0.15, 0.2) is 0 Å². The first-order chi connectivity index (χ1) is 4.18. The van der Waals surface area contributed by atoms with Gasteiger partial charge >= 0.3 is 5.97 Å². The average Bonchev–Trinajstić information content (AvgIpc) is 1.67. The van der Waals surface area contributed by atoms with Gasteiger partial charge in [-0.25, -0.2) is 0 Å². The van der Waals surface area contributed by atoms with Crippen molar-refractivity contribution in [2.75, 3.05) is 0 Å². The van der Waals surface area contributed by atoms with Crippen LogP contribution in [-0.2, 0) is 9.53 Å². The average molecular weight is 127 g/mol. The summed E-state index contributed by atoms with van der Waals surface area (Å²) in [6, 6.07) is 0. The lowest BCUT2D eigenvalue weighted by Gasteiger charge is -1.83. The molecular formula is C7H11O2. The lowest BCUT2D eigenvalue weighted by molar-refractivity contribution is -0.135. The van der Waals surface area contributed by atoms with E-state index < -0.39 is 0 Å². The van der Waals surface area contributed by atoms with Gasteiger partial charge in [-0.2, -0.15) is 0 Å². The van der Waals surface area contributed by atoms with E-state index in [0.717, 1.165) is 6.26 Å². The van der Waals surface area contributed by atoms with E-state index in [1.807, 2.05) is 0 Å². The molecule has 0 fully saturated rings. The predicted molar refractivity (Wildman–Crippen MR) is 36.5 cm³/mol. The first-order valence-corrected chi connectivity index (χ1v) is 2.46. The van der Waals surface area contributed by atoms with Crippen LogP contribution in [0, 0.1) is 6.58 Å². The third kappa shape index (κ3) is 44.8. The van der Waals surface area contributed by atoms with Gasteiger partial charge < -0.3 is 4.74 Å². The summed E-state index contributed by atoms with van der Waals surface area (Å²) in [5, 5.41) is 0. The minimum absolute atomic E-state index is 0.329. The summed E-state index contributed by atoms with van der Waals surface area (Å²) in [4.78, 5) is 9.75. The van der Waals surface area contributed by atoms with Gasteiger partial charge in [0, 0.05) is 6.92 Å². The highest BCUT2D eigenvalue weighted by molar-refractivity contribution is 5.66. The Balaban J connectivity index is 0. The maximum absolute atomic E-state index is 9.75. The summed E-state index contributed by atoms with van der Waals surface area (Å²) in [6.07, 6.45) is 2.60. The molecule has 9 heavy (non-hydrogen) atoms. The van der Waals surface area contributed by atoms with Crippen molar-refractivity contribution in [3.8, 4) is 0 Å². The van der Waals surface area contributed by atoms with Crippen LogP contribution in [0.25, 0.3) is 0 Å². The molecule has 0 aliphatic rings. The van der Waals surface area contributed by atoms with Gasteiger partial charge in [0.05, 0.1) is 6.26 Å². The van der Waals surface area contributed by atoms with Crippen molar-refractivity contribution in [3.63, 3.8) is 0 Å². The van der Waals surface area contributed by atoms with Crippen molar-refractivity contribution >= 4 is 5.97 Å². The van der Waals surface area contributed by atoms with E-state index in [-0.39, 0.29) is 5.97 Å². The lowest BCUT2D eigenvalue weighted by atomic mass is 10.8. The zero-order valence-corrected chi connectivity index (χ0v) is 5.76. The molecule has 0 aromatic carbocycles. The summed E-state index contributed by atoms with van der Waals surface area (Å²) in [5.74, 6) is -0.329. The zero-order valence-electron chi connectivity index (χ0n) is 5.76. The van der Waals surface area contributed by atoms with Gasteiger partial charge in [0.1, 0.15) is 0 Å². The summed E-state index contributed by atoms with van der Waals surface area (Å²) in [5.41, 5.74) is 0. The molecule has 0 rings (SSSR count). The number of ether oxygens (including phenoxy) is 1. The van der Waals surface area contributed by atoms with E-state index in [9.17, 15) is 4.79 Å². The van der Waals surface area contributed by atoms with Gasteiger partial charge in [-0.1, -0.05) is 19.2 Å². The molecule has 0 spiro atoms. The second kappa shape index (κ2) is 10.0. The molecule has 0 aromatic heterocycles. The highest BCUT2D eigenvalue weighted by atomic mass is 16.5. The molecule has 0 amide bonds. The van der Waals surface area contributed by atoms with Gasteiger partial charge in [-0.3, -0.25) is 4.79 Å². The Morgan fingerprint density at radius 3 is 2.11 bits per heavy atom. The first kappa shape index (κ1) is 10.8. The topological polar surface area (TPSA) is 26.3 Å². The van der Waals surface area contributed by atoms with Crippen LogP contribution < -0.4 is 0 Å². The number of carbonyl (C=O) groups excluding carboxylic acids is 1. The highest BCUT2D eigenvalue weighted by Crippen LogP contribution is 1.70. The van der Waals surface area contributed by atoms with Crippen LogP contribution in [-0.4, -0.2) is 5.97 Å². The Morgan fingerprint density at radius 1 is 1.78 bits per heavy atom. The van der Waals surface area contributed by atoms with E-state index >= 15 is 0 Å². The standard InChI is InChI=1S/C4H6O2.C3H5/c1-3-6-4(2)5;1-3-2/h3H,1H2,2H3;1,3H,2H3. The molecule has 2 nitrogen and oxygen atoms in total. The molecule has 0 N–H and O–H groups in total. The van der Waals surface area contributed by atoms with Crippen molar-refractivity contribution < 1.29 is 9.53 Å². The summed E-state index contributed by atoms with van der Waals surface area (Å²) >= 11 is 0. The van der Waals surface area contributed by atoms with Crippen LogP contribution in [0.15, 0.2) is 18.9 Å². The Bertz CT molecular complexity index is 95.1. The van der Waals surface area contributed by atoms with Gasteiger partial charge in [0.2, 0.25) is 0 Å². The second-order valence-electron chi connectivity index (χ2n) is 1.11. The largest absolute Gasteiger partial charge is 0.435 e. The number of esters is 1. The fourth-order valence-corrected chi connectivity index (χ4v) is 0.117. The molecule has 0 aromatic rings. The van der Waals surface area contributed by atoms with Crippen molar-refractivity contribution in [2.45, 2.75) is 13.8 Å². The van der Waals surface area contributed by atoms with Crippen LogP contribution in [0.1, 0.15) is 13.8 Å². The fraction of sp³-hybridized carbons (Fsp3) is 0.286. The molecule has 0 atom stereocenters. The van der Waals surface area contributed by atoms with Crippen LogP contribution in [0.4, 0.5) is 0 Å². The molecular weight excluding hydrogens is 116 g/mol. The fourth-order valence-electron chi connectivity index (χ4n) is 0.117. The van der Waals surface area contributed by atoms with E-state index in [0.29, 0.717) is 0 Å². The van der Waals surface area contributed by atoms with Crippen molar-refractivity contribution in [2.24, 2.45) is 0 Å². The molecule has 0 aliphatic heterocycles. The Morgan fingerprint density at radius 2 is 2.11 bits per heavy atom.